The minimum Gasteiger partial charge on any atom is -0.364 e. The van der Waals surface area contributed by atoms with Crippen LogP contribution in [-0.2, 0) is 6.42 Å². The molecule has 0 radical (unpaired) electrons. The van der Waals surface area contributed by atoms with Crippen molar-refractivity contribution in [2.75, 3.05) is 0 Å². The van der Waals surface area contributed by atoms with Crippen molar-refractivity contribution in [2.45, 2.75) is 39.4 Å². The summed E-state index contributed by atoms with van der Waals surface area (Å²) in [6.45, 7) is 6.00. The van der Waals surface area contributed by atoms with Crippen LogP contribution in [0.3, 0.4) is 0 Å². The number of hydrogen-bond acceptors (Lipinski definition) is 5. The van der Waals surface area contributed by atoms with E-state index in [1.807, 2.05) is 12.1 Å². The number of aryl methyl sites for hydroxylation is 1. The normalized spacial score (nSPS) is 11.8. The van der Waals surface area contributed by atoms with E-state index >= 15 is 0 Å². The molecule has 3 N–H and O–H groups in total. The van der Waals surface area contributed by atoms with Crippen LogP contribution in [0.15, 0.2) is 29.1 Å². The van der Waals surface area contributed by atoms with Crippen molar-refractivity contribution in [2.24, 2.45) is 0 Å². The Morgan fingerprint density at radius 2 is 1.88 bits per heavy atom. The molecule has 3 rings (SSSR count). The Morgan fingerprint density at radius 1 is 1.21 bits per heavy atom. The fourth-order valence-electron chi connectivity index (χ4n) is 2.75. The summed E-state index contributed by atoms with van der Waals surface area (Å²) in [5.41, 5.74) is 2.67. The first kappa shape index (κ1) is 16.8. The summed E-state index contributed by atoms with van der Waals surface area (Å²) in [7, 11) is 0. The predicted octanol–water partition coefficient (Wildman–Crippen LogP) is 2.99. The van der Waals surface area contributed by atoms with Crippen molar-refractivity contribution in [3.63, 3.8) is 0 Å². The van der Waals surface area contributed by atoms with Crippen LogP contribution in [0, 0.1) is 6.92 Å². The van der Waals surface area contributed by atoms with Crippen LogP contribution in [0.25, 0.3) is 10.2 Å². The molecule has 0 aliphatic heterocycles. The van der Waals surface area contributed by atoms with E-state index in [2.05, 4.69) is 35.9 Å². The van der Waals surface area contributed by atoms with E-state index in [-0.39, 0.29) is 5.56 Å². The molecule has 2 aromatic heterocycles. The van der Waals surface area contributed by atoms with Gasteiger partial charge in [0.2, 0.25) is 0 Å². The van der Waals surface area contributed by atoms with E-state index in [1.54, 1.807) is 6.92 Å². The number of fused-ring (bicyclic) bond motifs is 1. The van der Waals surface area contributed by atoms with Gasteiger partial charge in [-0.2, -0.15) is 0 Å². The molecular formula is C18H20N2O3S. The summed E-state index contributed by atoms with van der Waals surface area (Å²) in [5.74, 6) is 1.05. The first-order valence-electron chi connectivity index (χ1n) is 7.84. The number of hydrogen-bond donors (Lipinski definition) is 3. The van der Waals surface area contributed by atoms with E-state index in [4.69, 9.17) is 0 Å². The molecule has 0 saturated heterocycles. The molecule has 0 aliphatic carbocycles. The number of H-pyrrole nitrogens is 1. The van der Waals surface area contributed by atoms with Gasteiger partial charge in [0.05, 0.1) is 10.3 Å². The third-order valence-corrected chi connectivity index (χ3v) is 5.36. The molecule has 126 valence electrons. The van der Waals surface area contributed by atoms with E-state index < -0.39 is 6.29 Å². The van der Waals surface area contributed by atoms with Crippen molar-refractivity contribution in [3.8, 4) is 0 Å². The zero-order chi connectivity index (χ0) is 17.4. The van der Waals surface area contributed by atoms with Crippen LogP contribution in [0.5, 0.6) is 0 Å². The third kappa shape index (κ3) is 3.13. The largest absolute Gasteiger partial charge is 0.364 e. The number of nitrogens with zero attached hydrogens (tertiary/aromatic N) is 1. The first-order chi connectivity index (χ1) is 11.4. The lowest BCUT2D eigenvalue weighted by Gasteiger charge is -2.06. The molecule has 0 saturated carbocycles. The highest BCUT2D eigenvalue weighted by molar-refractivity contribution is 7.18. The van der Waals surface area contributed by atoms with Crippen LogP contribution < -0.4 is 5.56 Å². The smallest absolute Gasteiger partial charge is 0.259 e. The van der Waals surface area contributed by atoms with Gasteiger partial charge in [0.15, 0.2) is 6.29 Å². The highest BCUT2D eigenvalue weighted by Gasteiger charge is 2.18. The Labute approximate surface area is 143 Å². The summed E-state index contributed by atoms with van der Waals surface area (Å²) in [4.78, 5) is 20.5. The van der Waals surface area contributed by atoms with Crippen LogP contribution >= 0.6 is 11.3 Å². The second-order valence-electron chi connectivity index (χ2n) is 6.23. The average molecular weight is 344 g/mol. The zero-order valence-corrected chi connectivity index (χ0v) is 14.6. The molecule has 1 aromatic carbocycles. The van der Waals surface area contributed by atoms with Gasteiger partial charge in [0, 0.05) is 6.42 Å². The van der Waals surface area contributed by atoms with Gasteiger partial charge in [0.1, 0.15) is 10.7 Å². The fourth-order valence-corrected chi connectivity index (χ4v) is 3.82. The molecule has 6 heteroatoms. The van der Waals surface area contributed by atoms with Gasteiger partial charge in [-0.1, -0.05) is 38.1 Å². The minimum absolute atomic E-state index is 0.241. The van der Waals surface area contributed by atoms with Crippen LogP contribution in [0.4, 0.5) is 0 Å². The molecule has 0 bridgehead atoms. The van der Waals surface area contributed by atoms with Gasteiger partial charge in [-0.05, 0) is 29.5 Å². The molecule has 0 amide bonds. The highest BCUT2D eigenvalue weighted by atomic mass is 32.1. The van der Waals surface area contributed by atoms with Gasteiger partial charge in [-0.15, -0.1) is 11.3 Å². The maximum atomic E-state index is 12.3. The summed E-state index contributed by atoms with van der Waals surface area (Å²) in [6.07, 6.45) is -1.06. The van der Waals surface area contributed by atoms with Crippen molar-refractivity contribution in [3.05, 3.63) is 62.0 Å². The minimum atomic E-state index is -1.59. The Bertz CT molecular complexity index is 924. The van der Waals surface area contributed by atoms with E-state index in [0.29, 0.717) is 38.8 Å². The Kier molecular flexibility index (Phi) is 4.54. The van der Waals surface area contributed by atoms with Crippen molar-refractivity contribution < 1.29 is 10.2 Å². The number of benzene rings is 1. The van der Waals surface area contributed by atoms with E-state index in [0.717, 1.165) is 16.9 Å². The van der Waals surface area contributed by atoms with Crippen molar-refractivity contribution >= 4 is 21.6 Å². The standard InChI is InChI=1S/C18H20N2O3S/c1-9(2)12-6-4-11(5-7-12)8-13-19-16(21)14-10(3)15(18(22)23)24-17(14)20-13/h4-7,9,18,22-23H,8H2,1-3H3,(H,19,20,21). The molecular weight excluding hydrogens is 324 g/mol. The van der Waals surface area contributed by atoms with Crippen LogP contribution in [-0.4, -0.2) is 20.2 Å². The molecule has 2 heterocycles. The Balaban J connectivity index is 1.97. The first-order valence-corrected chi connectivity index (χ1v) is 8.65. The quantitative estimate of drug-likeness (QED) is 0.635. The van der Waals surface area contributed by atoms with Gasteiger partial charge in [-0.3, -0.25) is 4.79 Å². The number of aromatic amines is 1. The summed E-state index contributed by atoms with van der Waals surface area (Å²) in [5, 5.41) is 19.2. The van der Waals surface area contributed by atoms with Gasteiger partial charge < -0.3 is 15.2 Å². The van der Waals surface area contributed by atoms with Crippen molar-refractivity contribution in [1.82, 2.24) is 9.97 Å². The SMILES string of the molecule is Cc1c(C(O)O)sc2nc(Cc3ccc(C(C)C)cc3)[nH]c(=O)c12. The molecule has 0 atom stereocenters. The maximum Gasteiger partial charge on any atom is 0.259 e. The van der Waals surface area contributed by atoms with Crippen molar-refractivity contribution in [1.29, 1.82) is 0 Å². The second kappa shape index (κ2) is 6.47. The van der Waals surface area contributed by atoms with Crippen LogP contribution in [0.1, 0.15) is 53.4 Å². The Morgan fingerprint density at radius 3 is 2.46 bits per heavy atom. The highest BCUT2D eigenvalue weighted by Crippen LogP contribution is 2.30. The number of aromatic nitrogens is 2. The number of nitrogens with one attached hydrogen (secondary N) is 1. The monoisotopic (exact) mass is 344 g/mol. The molecule has 0 unspecified atom stereocenters. The molecule has 24 heavy (non-hydrogen) atoms. The number of thiophene rings is 1. The number of rotatable bonds is 4. The van der Waals surface area contributed by atoms with Gasteiger partial charge in [-0.25, -0.2) is 4.98 Å². The molecule has 3 aromatic rings. The number of aliphatic hydroxyl groups is 2. The second-order valence-corrected chi connectivity index (χ2v) is 7.26. The van der Waals surface area contributed by atoms with Gasteiger partial charge in [0.25, 0.3) is 5.56 Å². The topological polar surface area (TPSA) is 86.2 Å². The fraction of sp³-hybridized carbons (Fsp3) is 0.333. The van der Waals surface area contributed by atoms with Crippen LogP contribution in [0.2, 0.25) is 0 Å². The average Bonchev–Trinajstić information content (AvgIpc) is 2.85. The van der Waals surface area contributed by atoms with E-state index in [9.17, 15) is 15.0 Å². The maximum absolute atomic E-state index is 12.3. The lowest BCUT2D eigenvalue weighted by molar-refractivity contribution is -0.0398. The summed E-state index contributed by atoms with van der Waals surface area (Å²) >= 11 is 1.15. The summed E-state index contributed by atoms with van der Waals surface area (Å²) < 4.78 is 0. The van der Waals surface area contributed by atoms with Gasteiger partial charge >= 0.3 is 0 Å². The zero-order valence-electron chi connectivity index (χ0n) is 13.8. The van der Waals surface area contributed by atoms with E-state index in [1.165, 1.54) is 5.56 Å². The Hall–Kier alpha value is -2.02. The molecule has 0 aliphatic rings. The third-order valence-electron chi connectivity index (χ3n) is 4.14. The lowest BCUT2D eigenvalue weighted by Crippen LogP contribution is -2.12. The molecule has 0 spiro atoms. The number of aliphatic hydroxyl groups excluding tert-OH is 1. The lowest BCUT2D eigenvalue weighted by atomic mass is 10.0. The molecule has 5 nitrogen and oxygen atoms in total. The molecule has 0 fully saturated rings. The predicted molar refractivity (Wildman–Crippen MR) is 95.5 cm³/mol. The summed E-state index contributed by atoms with van der Waals surface area (Å²) in [6, 6.07) is 8.27.